The summed E-state index contributed by atoms with van der Waals surface area (Å²) in [5, 5.41) is 0.752. The molecule has 0 aliphatic carbocycles. The second kappa shape index (κ2) is 7.34. The van der Waals surface area contributed by atoms with Gasteiger partial charge in [0, 0.05) is 29.7 Å². The lowest BCUT2D eigenvalue weighted by molar-refractivity contribution is -0.131. The van der Waals surface area contributed by atoms with Gasteiger partial charge in [0.25, 0.3) is 0 Å². The predicted octanol–water partition coefficient (Wildman–Crippen LogP) is 3.02. The second-order valence-corrected chi connectivity index (χ2v) is 6.81. The van der Waals surface area contributed by atoms with Gasteiger partial charge in [0.15, 0.2) is 0 Å². The number of likely N-dealkylation sites (tertiary alicyclic amines) is 1. The normalized spacial score (nSPS) is 22.2. The monoisotopic (exact) mass is 312 g/mol. The lowest BCUT2D eigenvalue weighted by Crippen LogP contribution is -2.34. The number of hydrogen-bond acceptors (Lipinski definition) is 3. The summed E-state index contributed by atoms with van der Waals surface area (Å²) in [7, 11) is 0. The van der Waals surface area contributed by atoms with Crippen LogP contribution in [0.4, 0.5) is 0 Å². The van der Waals surface area contributed by atoms with Crippen LogP contribution in [0, 0.1) is 5.92 Å². The number of carbonyl (C=O) groups excluding carboxylic acids is 1. The van der Waals surface area contributed by atoms with Crippen molar-refractivity contribution < 1.29 is 4.79 Å². The summed E-state index contributed by atoms with van der Waals surface area (Å²) in [6, 6.07) is 8.06. The van der Waals surface area contributed by atoms with Crippen LogP contribution in [0.2, 0.25) is 5.02 Å². The fraction of sp³-hybridized carbons (Fsp3) is 0.533. The zero-order valence-corrected chi connectivity index (χ0v) is 13.3. The highest BCUT2D eigenvalue weighted by molar-refractivity contribution is 7.99. The third kappa shape index (κ3) is 3.90. The quantitative estimate of drug-likeness (QED) is 0.850. The van der Waals surface area contributed by atoms with Gasteiger partial charge in [0.05, 0.1) is 5.02 Å². The number of halogens is 1. The fourth-order valence-electron chi connectivity index (χ4n) is 2.61. The Morgan fingerprint density at radius 3 is 2.90 bits per heavy atom. The van der Waals surface area contributed by atoms with E-state index < -0.39 is 0 Å². The van der Waals surface area contributed by atoms with E-state index in [9.17, 15) is 4.79 Å². The molecule has 1 aliphatic heterocycles. The van der Waals surface area contributed by atoms with Crippen LogP contribution in [0.1, 0.15) is 19.8 Å². The van der Waals surface area contributed by atoms with Crippen molar-refractivity contribution >= 4 is 29.3 Å². The lowest BCUT2D eigenvalue weighted by Gasteiger charge is -2.21. The first-order valence-corrected chi connectivity index (χ1v) is 8.35. The molecule has 2 N–H and O–H groups in total. The predicted molar refractivity (Wildman–Crippen MR) is 85.1 cm³/mol. The number of carbonyl (C=O) groups is 1. The molecule has 1 aromatic rings. The molecule has 0 aromatic heterocycles. The summed E-state index contributed by atoms with van der Waals surface area (Å²) in [5.74, 6) is 1.46. The zero-order valence-electron chi connectivity index (χ0n) is 11.7. The van der Waals surface area contributed by atoms with Crippen molar-refractivity contribution in [2.24, 2.45) is 11.7 Å². The molecule has 1 saturated heterocycles. The van der Waals surface area contributed by atoms with E-state index in [0.29, 0.717) is 24.9 Å². The average Bonchev–Trinajstić information content (AvgIpc) is 2.82. The molecular weight excluding hydrogens is 292 g/mol. The van der Waals surface area contributed by atoms with E-state index in [1.165, 1.54) is 0 Å². The van der Waals surface area contributed by atoms with E-state index >= 15 is 0 Å². The van der Waals surface area contributed by atoms with Gasteiger partial charge in [-0.1, -0.05) is 23.7 Å². The van der Waals surface area contributed by atoms with Crippen LogP contribution in [0.5, 0.6) is 0 Å². The van der Waals surface area contributed by atoms with E-state index in [4.69, 9.17) is 17.3 Å². The van der Waals surface area contributed by atoms with Gasteiger partial charge in [-0.3, -0.25) is 4.79 Å². The summed E-state index contributed by atoms with van der Waals surface area (Å²) in [6.07, 6.45) is 1.58. The average molecular weight is 313 g/mol. The molecule has 1 fully saturated rings. The Bertz CT molecular complexity index is 469. The van der Waals surface area contributed by atoms with Crippen LogP contribution in [-0.4, -0.2) is 35.7 Å². The van der Waals surface area contributed by atoms with E-state index in [1.807, 2.05) is 29.2 Å². The summed E-state index contributed by atoms with van der Waals surface area (Å²) < 4.78 is 0. The maximum atomic E-state index is 12.2. The number of amides is 1. The molecule has 2 rings (SSSR count). The number of thioether (sulfide) groups is 1. The van der Waals surface area contributed by atoms with E-state index in [-0.39, 0.29) is 5.91 Å². The second-order valence-electron chi connectivity index (χ2n) is 5.26. The van der Waals surface area contributed by atoms with Gasteiger partial charge < -0.3 is 10.6 Å². The Morgan fingerprint density at radius 2 is 2.25 bits per heavy atom. The summed E-state index contributed by atoms with van der Waals surface area (Å²) in [6.45, 7) is 3.59. The van der Waals surface area contributed by atoms with Crippen LogP contribution in [0.3, 0.4) is 0 Å². The first-order chi connectivity index (χ1) is 9.61. The molecule has 0 saturated carbocycles. The van der Waals surface area contributed by atoms with E-state index in [2.05, 4.69) is 6.92 Å². The van der Waals surface area contributed by atoms with E-state index in [1.54, 1.807) is 11.8 Å². The molecule has 1 heterocycles. The van der Waals surface area contributed by atoms with Gasteiger partial charge in [-0.2, -0.15) is 0 Å². The highest BCUT2D eigenvalue weighted by Gasteiger charge is 2.30. The molecular formula is C15H21ClN2OS. The standard InChI is InChI=1S/C15H21ClN2OS/c1-11-8-12(9-17)10-18(11)15(19)6-7-20-14-5-3-2-4-13(14)16/h2-5,11-12H,6-10,17H2,1H3. The minimum absolute atomic E-state index is 0.230. The first kappa shape index (κ1) is 15.7. The number of benzene rings is 1. The van der Waals surface area contributed by atoms with Crippen LogP contribution in [0.15, 0.2) is 29.2 Å². The van der Waals surface area contributed by atoms with Gasteiger partial charge in [-0.05, 0) is 37.9 Å². The molecule has 1 aromatic carbocycles. The summed E-state index contributed by atoms with van der Waals surface area (Å²) in [4.78, 5) is 15.2. The minimum atomic E-state index is 0.230. The minimum Gasteiger partial charge on any atom is -0.340 e. The van der Waals surface area contributed by atoms with Crippen molar-refractivity contribution in [1.82, 2.24) is 4.90 Å². The van der Waals surface area contributed by atoms with Crippen molar-refractivity contribution in [3.05, 3.63) is 29.3 Å². The molecule has 1 aliphatic rings. The van der Waals surface area contributed by atoms with Gasteiger partial charge >= 0.3 is 0 Å². The van der Waals surface area contributed by atoms with Crippen molar-refractivity contribution in [3.8, 4) is 0 Å². The first-order valence-electron chi connectivity index (χ1n) is 6.98. The molecule has 5 heteroatoms. The molecule has 20 heavy (non-hydrogen) atoms. The topological polar surface area (TPSA) is 46.3 Å². The fourth-order valence-corrected chi connectivity index (χ4v) is 3.79. The highest BCUT2D eigenvalue weighted by Crippen LogP contribution is 2.28. The maximum absolute atomic E-state index is 12.2. The van der Waals surface area contributed by atoms with Crippen molar-refractivity contribution in [3.63, 3.8) is 0 Å². The SMILES string of the molecule is CC1CC(CN)CN1C(=O)CCSc1ccccc1Cl. The lowest BCUT2D eigenvalue weighted by atomic mass is 10.1. The molecule has 0 spiro atoms. The number of nitrogens with zero attached hydrogens (tertiary/aromatic N) is 1. The Labute approximate surface area is 129 Å². The Kier molecular flexibility index (Phi) is 5.75. The van der Waals surface area contributed by atoms with Crippen molar-refractivity contribution in [1.29, 1.82) is 0 Å². The molecule has 0 bridgehead atoms. The van der Waals surface area contributed by atoms with Gasteiger partial charge in [-0.25, -0.2) is 0 Å². The van der Waals surface area contributed by atoms with Crippen LogP contribution < -0.4 is 5.73 Å². The number of hydrogen-bond donors (Lipinski definition) is 1. The highest BCUT2D eigenvalue weighted by atomic mass is 35.5. The Hall–Kier alpha value is -0.710. The molecule has 0 radical (unpaired) electrons. The van der Waals surface area contributed by atoms with Crippen LogP contribution in [0.25, 0.3) is 0 Å². The van der Waals surface area contributed by atoms with Gasteiger partial charge in [-0.15, -0.1) is 11.8 Å². The maximum Gasteiger partial charge on any atom is 0.223 e. The van der Waals surface area contributed by atoms with Gasteiger partial charge in [0.1, 0.15) is 0 Å². The van der Waals surface area contributed by atoms with E-state index in [0.717, 1.165) is 28.6 Å². The van der Waals surface area contributed by atoms with Crippen LogP contribution in [-0.2, 0) is 4.79 Å². The Morgan fingerprint density at radius 1 is 1.50 bits per heavy atom. The Balaban J connectivity index is 1.80. The van der Waals surface area contributed by atoms with Gasteiger partial charge in [0.2, 0.25) is 5.91 Å². The van der Waals surface area contributed by atoms with Crippen molar-refractivity contribution in [2.45, 2.75) is 30.7 Å². The molecule has 2 atom stereocenters. The molecule has 3 nitrogen and oxygen atoms in total. The molecule has 110 valence electrons. The summed E-state index contributed by atoms with van der Waals surface area (Å²) >= 11 is 7.74. The number of rotatable bonds is 5. The third-order valence-corrected chi connectivity index (χ3v) is 5.24. The number of nitrogens with two attached hydrogens (primary N) is 1. The largest absolute Gasteiger partial charge is 0.340 e. The summed E-state index contributed by atoms with van der Waals surface area (Å²) in [5.41, 5.74) is 5.69. The molecule has 1 amide bonds. The third-order valence-electron chi connectivity index (χ3n) is 3.73. The zero-order chi connectivity index (χ0) is 14.5. The smallest absolute Gasteiger partial charge is 0.223 e. The molecule has 2 unspecified atom stereocenters. The van der Waals surface area contributed by atoms with Crippen LogP contribution >= 0.6 is 23.4 Å². The van der Waals surface area contributed by atoms with Crippen molar-refractivity contribution in [2.75, 3.05) is 18.8 Å².